The molecule has 0 radical (unpaired) electrons. The van der Waals surface area contributed by atoms with Crippen LogP contribution in [0.3, 0.4) is 0 Å². The molecular formula is C15H17ClN4S. The molecule has 4 nitrogen and oxygen atoms in total. The normalized spacial score (nSPS) is 15.1. The fourth-order valence-corrected chi connectivity index (χ4v) is 3.53. The van der Waals surface area contributed by atoms with Gasteiger partial charge in [-0.1, -0.05) is 6.07 Å². The van der Waals surface area contributed by atoms with Gasteiger partial charge in [-0.2, -0.15) is 0 Å². The molecule has 4 heterocycles. The average molecular weight is 321 g/mol. The van der Waals surface area contributed by atoms with Crippen LogP contribution in [0.4, 0.5) is 5.82 Å². The molecule has 0 unspecified atom stereocenters. The van der Waals surface area contributed by atoms with Gasteiger partial charge in [0.1, 0.15) is 11.8 Å². The Morgan fingerprint density at radius 2 is 2.00 bits per heavy atom. The van der Waals surface area contributed by atoms with Crippen molar-refractivity contribution in [2.75, 3.05) is 18.0 Å². The highest BCUT2D eigenvalue weighted by Gasteiger charge is 2.17. The first-order valence-corrected chi connectivity index (χ1v) is 7.92. The molecule has 0 spiro atoms. The van der Waals surface area contributed by atoms with E-state index < -0.39 is 0 Å². The second-order valence-corrected chi connectivity index (χ2v) is 6.11. The lowest BCUT2D eigenvalue weighted by Crippen LogP contribution is -2.30. The van der Waals surface area contributed by atoms with Crippen LogP contribution in [0.1, 0.15) is 19.3 Å². The van der Waals surface area contributed by atoms with Gasteiger partial charge in [-0.3, -0.25) is 0 Å². The lowest BCUT2D eigenvalue weighted by atomic mass is 10.1. The minimum absolute atomic E-state index is 0. The number of anilines is 1. The number of thiophene rings is 1. The molecule has 21 heavy (non-hydrogen) atoms. The van der Waals surface area contributed by atoms with Crippen LogP contribution in [0.5, 0.6) is 0 Å². The molecule has 0 amide bonds. The van der Waals surface area contributed by atoms with Gasteiger partial charge >= 0.3 is 0 Å². The summed E-state index contributed by atoms with van der Waals surface area (Å²) in [5.41, 5.74) is 3.20. The summed E-state index contributed by atoms with van der Waals surface area (Å²) in [6, 6.07) is 6.32. The number of fused-ring (bicyclic) bond motifs is 1. The maximum atomic E-state index is 4.51. The van der Waals surface area contributed by atoms with Crippen LogP contribution in [0.2, 0.25) is 0 Å². The number of halogens is 1. The fraction of sp³-hybridized carbons (Fsp3) is 0.333. The first kappa shape index (κ1) is 14.4. The van der Waals surface area contributed by atoms with Crippen LogP contribution in [-0.4, -0.2) is 28.0 Å². The number of nitrogens with one attached hydrogen (secondary N) is 1. The van der Waals surface area contributed by atoms with Gasteiger partial charge in [0.05, 0.1) is 16.1 Å². The van der Waals surface area contributed by atoms with E-state index in [-0.39, 0.29) is 12.4 Å². The van der Waals surface area contributed by atoms with Crippen LogP contribution in [0.25, 0.3) is 21.6 Å². The van der Waals surface area contributed by atoms with Crippen LogP contribution in [-0.2, 0) is 0 Å². The molecule has 0 bridgehead atoms. The third kappa shape index (κ3) is 2.63. The van der Waals surface area contributed by atoms with Crippen molar-refractivity contribution in [3.8, 4) is 10.6 Å². The molecular weight excluding hydrogens is 304 g/mol. The standard InChI is InChI=1S/C15H16N4S.ClH/c1-2-6-19(7-3-1)15-14-12(16-10-17-15)9-11(18-14)13-5-4-8-20-13;/h4-5,8-10,18H,1-3,6-7H2;1H. The van der Waals surface area contributed by atoms with Crippen molar-refractivity contribution in [3.05, 3.63) is 29.9 Å². The van der Waals surface area contributed by atoms with E-state index in [0.29, 0.717) is 0 Å². The Labute approximate surface area is 133 Å². The van der Waals surface area contributed by atoms with Gasteiger partial charge in [0.25, 0.3) is 0 Å². The van der Waals surface area contributed by atoms with Crippen molar-refractivity contribution in [2.24, 2.45) is 0 Å². The van der Waals surface area contributed by atoms with Gasteiger partial charge in [0, 0.05) is 13.1 Å². The van der Waals surface area contributed by atoms with Crippen LogP contribution >= 0.6 is 23.7 Å². The summed E-state index contributed by atoms with van der Waals surface area (Å²) in [6.45, 7) is 2.19. The molecule has 110 valence electrons. The molecule has 3 aromatic heterocycles. The Bertz CT molecular complexity index is 716. The molecule has 0 aliphatic carbocycles. The molecule has 0 atom stereocenters. The Morgan fingerprint density at radius 3 is 2.76 bits per heavy atom. The minimum Gasteiger partial charge on any atom is -0.355 e. The summed E-state index contributed by atoms with van der Waals surface area (Å²) in [5, 5.41) is 2.10. The van der Waals surface area contributed by atoms with E-state index in [4.69, 9.17) is 0 Å². The monoisotopic (exact) mass is 320 g/mol. The smallest absolute Gasteiger partial charge is 0.156 e. The summed E-state index contributed by atoms with van der Waals surface area (Å²) in [5.74, 6) is 1.05. The zero-order chi connectivity index (χ0) is 13.4. The molecule has 1 N–H and O–H groups in total. The number of hydrogen-bond acceptors (Lipinski definition) is 4. The van der Waals surface area contributed by atoms with Crippen molar-refractivity contribution >= 4 is 40.6 Å². The molecule has 1 saturated heterocycles. The zero-order valence-electron chi connectivity index (χ0n) is 11.6. The number of H-pyrrole nitrogens is 1. The quantitative estimate of drug-likeness (QED) is 0.773. The van der Waals surface area contributed by atoms with E-state index in [2.05, 4.69) is 43.4 Å². The first-order valence-electron chi connectivity index (χ1n) is 7.04. The number of aromatic amines is 1. The van der Waals surface area contributed by atoms with Gasteiger partial charge in [-0.05, 0) is 36.8 Å². The Kier molecular flexibility index (Phi) is 4.12. The highest BCUT2D eigenvalue weighted by atomic mass is 35.5. The van der Waals surface area contributed by atoms with Crippen LogP contribution < -0.4 is 4.90 Å². The zero-order valence-corrected chi connectivity index (χ0v) is 13.2. The van der Waals surface area contributed by atoms with E-state index in [9.17, 15) is 0 Å². The highest BCUT2D eigenvalue weighted by Crippen LogP contribution is 2.31. The molecule has 1 fully saturated rings. The van der Waals surface area contributed by atoms with Crippen LogP contribution in [0.15, 0.2) is 29.9 Å². The average Bonchev–Trinajstić information content (AvgIpc) is 3.16. The predicted octanol–water partition coefficient (Wildman–Crippen LogP) is 4.10. The SMILES string of the molecule is Cl.c1csc(-c2cc3ncnc(N4CCCCC4)c3[nH]2)c1. The van der Waals surface area contributed by atoms with Crippen molar-refractivity contribution in [3.63, 3.8) is 0 Å². The molecule has 3 aromatic rings. The summed E-state index contributed by atoms with van der Waals surface area (Å²) < 4.78 is 0. The summed E-state index contributed by atoms with van der Waals surface area (Å²) in [6.07, 6.45) is 5.52. The largest absolute Gasteiger partial charge is 0.355 e. The van der Waals surface area contributed by atoms with E-state index in [1.54, 1.807) is 17.7 Å². The highest BCUT2D eigenvalue weighted by molar-refractivity contribution is 7.13. The second kappa shape index (κ2) is 6.03. The number of piperidine rings is 1. The Balaban J connectivity index is 0.00000132. The number of hydrogen-bond donors (Lipinski definition) is 1. The van der Waals surface area contributed by atoms with E-state index in [1.165, 1.54) is 24.1 Å². The third-order valence-corrected chi connectivity index (χ3v) is 4.74. The lowest BCUT2D eigenvalue weighted by Gasteiger charge is -2.27. The van der Waals surface area contributed by atoms with Crippen molar-refractivity contribution < 1.29 is 0 Å². The van der Waals surface area contributed by atoms with E-state index in [0.717, 1.165) is 35.6 Å². The molecule has 6 heteroatoms. The molecule has 1 aliphatic rings. The van der Waals surface area contributed by atoms with Gasteiger partial charge in [-0.25, -0.2) is 9.97 Å². The molecule has 1 aliphatic heterocycles. The van der Waals surface area contributed by atoms with Crippen molar-refractivity contribution in [1.29, 1.82) is 0 Å². The predicted molar refractivity (Wildman–Crippen MR) is 90.5 cm³/mol. The number of nitrogens with zero attached hydrogens (tertiary/aromatic N) is 3. The molecule has 0 saturated carbocycles. The third-order valence-electron chi connectivity index (χ3n) is 3.84. The molecule has 0 aromatic carbocycles. The van der Waals surface area contributed by atoms with Crippen molar-refractivity contribution in [2.45, 2.75) is 19.3 Å². The van der Waals surface area contributed by atoms with Gasteiger partial charge in [0.15, 0.2) is 5.82 Å². The maximum Gasteiger partial charge on any atom is 0.156 e. The van der Waals surface area contributed by atoms with E-state index >= 15 is 0 Å². The summed E-state index contributed by atoms with van der Waals surface area (Å²) in [7, 11) is 0. The Hall–Kier alpha value is -1.59. The second-order valence-electron chi connectivity index (χ2n) is 5.17. The lowest BCUT2D eigenvalue weighted by molar-refractivity contribution is 0.574. The van der Waals surface area contributed by atoms with Gasteiger partial charge in [0.2, 0.25) is 0 Å². The first-order chi connectivity index (χ1) is 9.92. The summed E-state index contributed by atoms with van der Waals surface area (Å²) >= 11 is 1.74. The maximum absolute atomic E-state index is 4.51. The van der Waals surface area contributed by atoms with Gasteiger partial charge < -0.3 is 9.88 Å². The molecule has 4 rings (SSSR count). The summed E-state index contributed by atoms with van der Waals surface area (Å²) in [4.78, 5) is 16.0. The van der Waals surface area contributed by atoms with Crippen molar-refractivity contribution in [1.82, 2.24) is 15.0 Å². The number of rotatable bonds is 2. The minimum atomic E-state index is 0. The topological polar surface area (TPSA) is 44.8 Å². The van der Waals surface area contributed by atoms with E-state index in [1.807, 2.05) is 0 Å². The number of aromatic nitrogens is 3. The van der Waals surface area contributed by atoms with Gasteiger partial charge in [-0.15, -0.1) is 23.7 Å². The fourth-order valence-electron chi connectivity index (χ4n) is 2.84. The Morgan fingerprint density at radius 1 is 1.14 bits per heavy atom. The van der Waals surface area contributed by atoms with Crippen LogP contribution in [0, 0.1) is 0 Å².